The molecule has 1 aliphatic heterocycles. The van der Waals surface area contributed by atoms with Gasteiger partial charge in [-0.15, -0.1) is 0 Å². The molecule has 1 aliphatic rings. The van der Waals surface area contributed by atoms with Crippen LogP contribution in [0.4, 0.5) is 10.1 Å². The van der Waals surface area contributed by atoms with E-state index in [0.717, 1.165) is 31.5 Å². The molecule has 0 spiro atoms. The van der Waals surface area contributed by atoms with Gasteiger partial charge in [-0.05, 0) is 37.5 Å². The molecule has 0 unspecified atom stereocenters. The standard InChI is InChI=1S/C15H21FN2O/c1-12-6-7-13(16)14(10-12)17-11-15(19)18-8-4-2-3-5-9-18/h6-7,10,17H,2-5,8-9,11H2,1H3. The number of carbonyl (C=O) groups is 1. The van der Waals surface area contributed by atoms with Crippen molar-refractivity contribution in [3.63, 3.8) is 0 Å². The van der Waals surface area contributed by atoms with Gasteiger partial charge in [0.15, 0.2) is 0 Å². The van der Waals surface area contributed by atoms with Crippen molar-refractivity contribution in [1.82, 2.24) is 4.90 Å². The molecule has 1 aromatic rings. The lowest BCUT2D eigenvalue weighted by Gasteiger charge is -2.20. The van der Waals surface area contributed by atoms with Crippen LogP contribution in [0.1, 0.15) is 31.2 Å². The zero-order valence-corrected chi connectivity index (χ0v) is 11.4. The Morgan fingerprint density at radius 1 is 1.26 bits per heavy atom. The van der Waals surface area contributed by atoms with Crippen molar-refractivity contribution in [2.75, 3.05) is 25.0 Å². The Hall–Kier alpha value is -1.58. The first-order valence-corrected chi connectivity index (χ1v) is 6.94. The van der Waals surface area contributed by atoms with Crippen LogP contribution in [0.25, 0.3) is 0 Å². The second kappa shape index (κ2) is 6.55. The fourth-order valence-corrected chi connectivity index (χ4v) is 2.38. The number of hydrogen-bond acceptors (Lipinski definition) is 2. The third-order valence-corrected chi connectivity index (χ3v) is 3.51. The highest BCUT2D eigenvalue weighted by Crippen LogP contribution is 2.16. The topological polar surface area (TPSA) is 32.3 Å². The van der Waals surface area contributed by atoms with E-state index in [1.165, 1.54) is 18.9 Å². The lowest BCUT2D eigenvalue weighted by molar-refractivity contribution is -0.129. The number of amides is 1. The van der Waals surface area contributed by atoms with Crippen LogP contribution in [0, 0.1) is 12.7 Å². The Balaban J connectivity index is 1.90. The van der Waals surface area contributed by atoms with Gasteiger partial charge in [-0.1, -0.05) is 18.9 Å². The number of halogens is 1. The van der Waals surface area contributed by atoms with Gasteiger partial charge in [0.25, 0.3) is 0 Å². The molecule has 0 bridgehead atoms. The molecule has 3 nitrogen and oxygen atoms in total. The van der Waals surface area contributed by atoms with E-state index in [9.17, 15) is 9.18 Å². The Bertz CT molecular complexity index is 440. The van der Waals surface area contributed by atoms with Gasteiger partial charge in [-0.25, -0.2) is 4.39 Å². The fourth-order valence-electron chi connectivity index (χ4n) is 2.38. The van der Waals surface area contributed by atoms with Crippen LogP contribution in [0.5, 0.6) is 0 Å². The minimum absolute atomic E-state index is 0.0582. The van der Waals surface area contributed by atoms with Crippen LogP contribution in [-0.4, -0.2) is 30.4 Å². The van der Waals surface area contributed by atoms with Crippen molar-refractivity contribution in [2.24, 2.45) is 0 Å². The number of carbonyl (C=O) groups excluding carboxylic acids is 1. The molecular weight excluding hydrogens is 243 g/mol. The van der Waals surface area contributed by atoms with Gasteiger partial charge in [0.05, 0.1) is 12.2 Å². The maximum atomic E-state index is 13.5. The molecule has 0 saturated carbocycles. The molecule has 2 rings (SSSR count). The third-order valence-electron chi connectivity index (χ3n) is 3.51. The summed E-state index contributed by atoms with van der Waals surface area (Å²) in [5, 5.41) is 2.91. The van der Waals surface area contributed by atoms with E-state index in [0.29, 0.717) is 5.69 Å². The van der Waals surface area contributed by atoms with E-state index in [4.69, 9.17) is 0 Å². The summed E-state index contributed by atoms with van der Waals surface area (Å²) in [5.41, 5.74) is 1.38. The molecule has 1 heterocycles. The minimum atomic E-state index is -0.311. The summed E-state index contributed by atoms with van der Waals surface area (Å²) in [6.45, 7) is 3.73. The van der Waals surface area contributed by atoms with E-state index >= 15 is 0 Å². The highest BCUT2D eigenvalue weighted by molar-refractivity contribution is 5.81. The van der Waals surface area contributed by atoms with Gasteiger partial charge >= 0.3 is 0 Å². The normalized spacial score (nSPS) is 16.0. The summed E-state index contributed by atoms with van der Waals surface area (Å²) in [7, 11) is 0. The van der Waals surface area contributed by atoms with Crippen molar-refractivity contribution in [2.45, 2.75) is 32.6 Å². The summed E-state index contributed by atoms with van der Waals surface area (Å²) in [4.78, 5) is 13.9. The first kappa shape index (κ1) is 13.8. The van der Waals surface area contributed by atoms with Gasteiger partial charge in [0, 0.05) is 13.1 Å². The van der Waals surface area contributed by atoms with E-state index in [2.05, 4.69) is 5.32 Å². The number of benzene rings is 1. The number of nitrogens with zero attached hydrogens (tertiary/aromatic N) is 1. The van der Waals surface area contributed by atoms with Crippen molar-refractivity contribution < 1.29 is 9.18 Å². The van der Waals surface area contributed by atoms with Gasteiger partial charge in [0.2, 0.25) is 5.91 Å². The maximum Gasteiger partial charge on any atom is 0.241 e. The number of likely N-dealkylation sites (tertiary alicyclic amines) is 1. The van der Waals surface area contributed by atoms with Gasteiger partial charge in [0.1, 0.15) is 5.82 Å². The van der Waals surface area contributed by atoms with Crippen LogP contribution < -0.4 is 5.32 Å². The van der Waals surface area contributed by atoms with Crippen molar-refractivity contribution in [3.8, 4) is 0 Å². The zero-order chi connectivity index (χ0) is 13.7. The Morgan fingerprint density at radius 3 is 2.63 bits per heavy atom. The van der Waals surface area contributed by atoms with Gasteiger partial charge < -0.3 is 10.2 Å². The Labute approximate surface area is 113 Å². The lowest BCUT2D eigenvalue weighted by Crippen LogP contribution is -2.36. The first-order valence-electron chi connectivity index (χ1n) is 6.94. The Kier molecular flexibility index (Phi) is 4.77. The van der Waals surface area contributed by atoms with Crippen LogP contribution >= 0.6 is 0 Å². The second-order valence-corrected chi connectivity index (χ2v) is 5.13. The summed E-state index contributed by atoms with van der Waals surface area (Å²) in [5.74, 6) is -0.253. The molecule has 19 heavy (non-hydrogen) atoms. The molecule has 0 atom stereocenters. The molecule has 1 amide bonds. The lowest BCUT2D eigenvalue weighted by atomic mass is 10.2. The van der Waals surface area contributed by atoms with Crippen molar-refractivity contribution >= 4 is 11.6 Å². The number of anilines is 1. The molecule has 1 saturated heterocycles. The summed E-state index contributed by atoms with van der Waals surface area (Å²) in [6, 6.07) is 4.87. The predicted molar refractivity (Wildman–Crippen MR) is 74.7 cm³/mol. The highest BCUT2D eigenvalue weighted by Gasteiger charge is 2.15. The summed E-state index contributed by atoms with van der Waals surface area (Å²) >= 11 is 0. The molecule has 1 N–H and O–H groups in total. The number of hydrogen-bond donors (Lipinski definition) is 1. The van der Waals surface area contributed by atoms with E-state index < -0.39 is 0 Å². The predicted octanol–water partition coefficient (Wildman–Crippen LogP) is 2.95. The molecule has 1 aromatic carbocycles. The number of aryl methyl sites for hydroxylation is 1. The largest absolute Gasteiger partial charge is 0.374 e. The van der Waals surface area contributed by atoms with Gasteiger partial charge in [-0.2, -0.15) is 0 Å². The third kappa shape index (κ3) is 3.94. The molecular formula is C15H21FN2O. The molecule has 104 valence electrons. The van der Waals surface area contributed by atoms with Crippen LogP contribution in [-0.2, 0) is 4.79 Å². The molecule has 0 aliphatic carbocycles. The minimum Gasteiger partial charge on any atom is -0.374 e. The first-order chi connectivity index (χ1) is 9.16. The SMILES string of the molecule is Cc1ccc(F)c(NCC(=O)N2CCCCCC2)c1. The molecule has 0 aromatic heterocycles. The molecule has 1 fully saturated rings. The van der Waals surface area contributed by atoms with Crippen LogP contribution in [0.2, 0.25) is 0 Å². The Morgan fingerprint density at radius 2 is 1.95 bits per heavy atom. The quantitative estimate of drug-likeness (QED) is 0.910. The second-order valence-electron chi connectivity index (χ2n) is 5.13. The average molecular weight is 264 g/mol. The average Bonchev–Trinajstić information content (AvgIpc) is 2.68. The molecule has 4 heteroatoms. The van der Waals surface area contributed by atoms with Crippen molar-refractivity contribution in [3.05, 3.63) is 29.6 Å². The summed E-state index contributed by atoms with van der Waals surface area (Å²) in [6.07, 6.45) is 4.54. The van der Waals surface area contributed by atoms with Crippen molar-refractivity contribution in [1.29, 1.82) is 0 Å². The smallest absolute Gasteiger partial charge is 0.241 e. The van der Waals surface area contributed by atoms with E-state index in [1.807, 2.05) is 11.8 Å². The maximum absolute atomic E-state index is 13.5. The number of rotatable bonds is 3. The number of nitrogens with one attached hydrogen (secondary N) is 1. The fraction of sp³-hybridized carbons (Fsp3) is 0.533. The van der Waals surface area contributed by atoms with Crippen LogP contribution in [0.15, 0.2) is 18.2 Å². The summed E-state index contributed by atoms with van der Waals surface area (Å²) < 4.78 is 13.5. The van der Waals surface area contributed by atoms with Crippen LogP contribution in [0.3, 0.4) is 0 Å². The van der Waals surface area contributed by atoms with E-state index in [-0.39, 0.29) is 18.3 Å². The van der Waals surface area contributed by atoms with E-state index in [1.54, 1.807) is 12.1 Å². The monoisotopic (exact) mass is 264 g/mol. The zero-order valence-electron chi connectivity index (χ0n) is 11.4. The van der Waals surface area contributed by atoms with Gasteiger partial charge in [-0.3, -0.25) is 4.79 Å². The molecule has 0 radical (unpaired) electrons. The highest BCUT2D eigenvalue weighted by atomic mass is 19.1.